The second-order valence-corrected chi connectivity index (χ2v) is 7.74. The lowest BCUT2D eigenvalue weighted by atomic mass is 9.94. The van der Waals surface area contributed by atoms with Gasteiger partial charge in [0.2, 0.25) is 5.91 Å². The topological polar surface area (TPSA) is 91.4 Å². The summed E-state index contributed by atoms with van der Waals surface area (Å²) in [4.78, 5) is 43.2. The number of carbonyl (C=O) groups excluding carboxylic acids is 3. The van der Waals surface area contributed by atoms with Crippen molar-refractivity contribution >= 4 is 28.6 Å². The Hall–Kier alpha value is -2.96. The predicted octanol–water partition coefficient (Wildman–Crippen LogP) is 2.03. The lowest BCUT2D eigenvalue weighted by molar-refractivity contribution is -0.144. The maximum atomic E-state index is 12.5. The van der Waals surface area contributed by atoms with Crippen LogP contribution in [0.4, 0.5) is 0 Å². The van der Waals surface area contributed by atoms with Crippen LogP contribution in [-0.2, 0) is 9.59 Å². The molecule has 0 saturated carbocycles. The molecule has 0 spiro atoms. The second-order valence-electron chi connectivity index (χ2n) is 7.74. The van der Waals surface area contributed by atoms with Crippen LogP contribution in [0.3, 0.4) is 0 Å². The molecule has 3 rings (SSSR count). The summed E-state index contributed by atoms with van der Waals surface area (Å²) in [6.07, 6.45) is 1.35. The van der Waals surface area contributed by atoms with Gasteiger partial charge in [0.05, 0.1) is 5.52 Å². The van der Waals surface area contributed by atoms with E-state index in [-0.39, 0.29) is 17.5 Å². The van der Waals surface area contributed by atoms with E-state index in [2.05, 4.69) is 15.8 Å². The SMILES string of the molecule is CC(C)(C)C(=O)N1CCCC1C(=O)NNC(=O)c1ccc2ccccc2n1. The van der Waals surface area contributed by atoms with Crippen LogP contribution in [0.5, 0.6) is 0 Å². The minimum atomic E-state index is -0.568. The Morgan fingerprint density at radius 2 is 1.81 bits per heavy atom. The Morgan fingerprint density at radius 3 is 2.56 bits per heavy atom. The number of para-hydroxylation sites is 1. The molecule has 1 unspecified atom stereocenters. The van der Waals surface area contributed by atoms with Gasteiger partial charge in [0.1, 0.15) is 11.7 Å². The number of pyridine rings is 1. The maximum Gasteiger partial charge on any atom is 0.288 e. The highest BCUT2D eigenvalue weighted by Gasteiger charge is 2.38. The van der Waals surface area contributed by atoms with E-state index in [1.165, 1.54) is 0 Å². The Kier molecular flexibility index (Phi) is 5.12. The zero-order valence-corrected chi connectivity index (χ0v) is 15.8. The molecule has 0 radical (unpaired) electrons. The van der Waals surface area contributed by atoms with Crippen molar-refractivity contribution in [2.24, 2.45) is 5.41 Å². The van der Waals surface area contributed by atoms with Gasteiger partial charge in [-0.05, 0) is 25.0 Å². The molecule has 27 heavy (non-hydrogen) atoms. The number of carbonyl (C=O) groups is 3. The number of nitrogens with one attached hydrogen (secondary N) is 2. The largest absolute Gasteiger partial charge is 0.330 e. The first-order chi connectivity index (χ1) is 12.8. The Bertz CT molecular complexity index is 888. The molecule has 1 aromatic heterocycles. The van der Waals surface area contributed by atoms with Crippen LogP contribution < -0.4 is 10.9 Å². The van der Waals surface area contributed by atoms with E-state index in [1.807, 2.05) is 45.0 Å². The predicted molar refractivity (Wildman–Crippen MR) is 102 cm³/mol. The molecular weight excluding hydrogens is 344 g/mol. The highest BCUT2D eigenvalue weighted by atomic mass is 16.2. The zero-order valence-electron chi connectivity index (χ0n) is 15.8. The summed E-state index contributed by atoms with van der Waals surface area (Å²) < 4.78 is 0. The molecule has 1 saturated heterocycles. The van der Waals surface area contributed by atoms with Gasteiger partial charge >= 0.3 is 0 Å². The first-order valence-electron chi connectivity index (χ1n) is 9.04. The molecule has 2 aromatic rings. The van der Waals surface area contributed by atoms with Crippen molar-refractivity contribution in [2.45, 2.75) is 39.7 Å². The first-order valence-corrected chi connectivity index (χ1v) is 9.04. The number of nitrogens with zero attached hydrogens (tertiary/aromatic N) is 2. The van der Waals surface area contributed by atoms with Crippen LogP contribution in [0.2, 0.25) is 0 Å². The van der Waals surface area contributed by atoms with Gasteiger partial charge in [-0.3, -0.25) is 25.2 Å². The molecule has 1 aliphatic heterocycles. The van der Waals surface area contributed by atoms with Crippen molar-refractivity contribution in [3.63, 3.8) is 0 Å². The fourth-order valence-electron chi connectivity index (χ4n) is 3.17. The summed E-state index contributed by atoms with van der Waals surface area (Å²) >= 11 is 0. The number of benzene rings is 1. The first kappa shape index (κ1) is 18.8. The van der Waals surface area contributed by atoms with Gasteiger partial charge in [-0.2, -0.15) is 0 Å². The van der Waals surface area contributed by atoms with Crippen molar-refractivity contribution in [1.82, 2.24) is 20.7 Å². The van der Waals surface area contributed by atoms with Crippen molar-refractivity contribution in [3.8, 4) is 0 Å². The molecule has 1 aromatic carbocycles. The number of hydrogen-bond donors (Lipinski definition) is 2. The van der Waals surface area contributed by atoms with Crippen LogP contribution in [0.1, 0.15) is 44.1 Å². The van der Waals surface area contributed by atoms with E-state index in [1.54, 1.807) is 17.0 Å². The lowest BCUT2D eigenvalue weighted by Crippen LogP contribution is -2.53. The number of likely N-dealkylation sites (tertiary alicyclic amines) is 1. The van der Waals surface area contributed by atoms with E-state index in [0.29, 0.717) is 18.5 Å². The number of rotatable bonds is 2. The molecule has 1 aliphatic rings. The van der Waals surface area contributed by atoms with Crippen molar-refractivity contribution in [2.75, 3.05) is 6.54 Å². The molecule has 2 heterocycles. The van der Waals surface area contributed by atoms with E-state index in [4.69, 9.17) is 0 Å². The van der Waals surface area contributed by atoms with Crippen LogP contribution in [0.25, 0.3) is 10.9 Å². The Morgan fingerprint density at radius 1 is 1.07 bits per heavy atom. The van der Waals surface area contributed by atoms with Crippen molar-refractivity contribution in [3.05, 3.63) is 42.1 Å². The summed E-state index contributed by atoms with van der Waals surface area (Å²) in [6.45, 7) is 6.04. The Balaban J connectivity index is 1.64. The van der Waals surface area contributed by atoms with Gasteiger partial charge < -0.3 is 4.90 Å². The summed E-state index contributed by atoms with van der Waals surface area (Å²) in [7, 11) is 0. The van der Waals surface area contributed by atoms with Crippen LogP contribution in [0, 0.1) is 5.41 Å². The molecule has 0 aliphatic carbocycles. The minimum absolute atomic E-state index is 0.0670. The normalized spacial score (nSPS) is 17.0. The van der Waals surface area contributed by atoms with Gasteiger partial charge in [0.25, 0.3) is 11.8 Å². The molecule has 142 valence electrons. The monoisotopic (exact) mass is 368 g/mol. The second kappa shape index (κ2) is 7.34. The number of amides is 3. The van der Waals surface area contributed by atoms with Gasteiger partial charge in [0, 0.05) is 17.3 Å². The maximum absolute atomic E-state index is 12.5. The standard InChI is InChI=1S/C20H24N4O3/c1-20(2,3)19(27)24-12-6-9-16(24)18(26)23-22-17(25)15-11-10-13-7-4-5-8-14(13)21-15/h4-5,7-8,10-11,16H,6,9,12H2,1-3H3,(H,22,25)(H,23,26). The van der Waals surface area contributed by atoms with Gasteiger partial charge in [-0.25, -0.2) is 4.98 Å². The van der Waals surface area contributed by atoms with Crippen molar-refractivity contribution < 1.29 is 14.4 Å². The van der Waals surface area contributed by atoms with Gasteiger partial charge in [-0.1, -0.05) is 45.0 Å². The quantitative estimate of drug-likeness (QED) is 0.794. The molecular formula is C20H24N4O3. The third-order valence-electron chi connectivity index (χ3n) is 4.59. The van der Waals surface area contributed by atoms with E-state index in [9.17, 15) is 14.4 Å². The molecule has 2 N–H and O–H groups in total. The highest BCUT2D eigenvalue weighted by molar-refractivity contribution is 5.97. The number of fused-ring (bicyclic) bond motifs is 1. The molecule has 0 bridgehead atoms. The smallest absolute Gasteiger partial charge is 0.288 e. The number of hydrazine groups is 1. The molecule has 3 amide bonds. The lowest BCUT2D eigenvalue weighted by Gasteiger charge is -2.30. The number of aromatic nitrogens is 1. The summed E-state index contributed by atoms with van der Waals surface area (Å²) in [5.41, 5.74) is 5.19. The van der Waals surface area contributed by atoms with Gasteiger partial charge in [0.15, 0.2) is 0 Å². The fourth-order valence-corrected chi connectivity index (χ4v) is 3.17. The van der Waals surface area contributed by atoms with E-state index < -0.39 is 17.4 Å². The molecule has 7 nitrogen and oxygen atoms in total. The molecule has 7 heteroatoms. The molecule has 1 atom stereocenters. The fraction of sp³-hybridized carbons (Fsp3) is 0.400. The summed E-state index contributed by atoms with van der Waals surface area (Å²) in [5.74, 6) is -0.956. The molecule has 1 fully saturated rings. The summed E-state index contributed by atoms with van der Waals surface area (Å²) in [6, 6.07) is 10.3. The van der Waals surface area contributed by atoms with Crippen molar-refractivity contribution in [1.29, 1.82) is 0 Å². The van der Waals surface area contributed by atoms with Gasteiger partial charge in [-0.15, -0.1) is 0 Å². The Labute approximate surface area is 158 Å². The van der Waals surface area contributed by atoms with E-state index in [0.717, 1.165) is 11.8 Å². The average molecular weight is 368 g/mol. The summed E-state index contributed by atoms with van der Waals surface area (Å²) in [5, 5.41) is 0.931. The van der Waals surface area contributed by atoms with E-state index >= 15 is 0 Å². The van der Waals surface area contributed by atoms with Crippen LogP contribution in [-0.4, -0.2) is 40.2 Å². The van der Waals surface area contributed by atoms with Crippen LogP contribution in [0.15, 0.2) is 36.4 Å². The van der Waals surface area contributed by atoms with Crippen LogP contribution >= 0.6 is 0 Å². The highest BCUT2D eigenvalue weighted by Crippen LogP contribution is 2.25. The third-order valence-corrected chi connectivity index (χ3v) is 4.59. The zero-order chi connectivity index (χ0) is 19.6. The minimum Gasteiger partial charge on any atom is -0.330 e. The third kappa shape index (κ3) is 4.07. The average Bonchev–Trinajstić information content (AvgIpc) is 3.13. The number of hydrogen-bond acceptors (Lipinski definition) is 4.